The average molecular weight is 853 g/mol. The maximum atomic E-state index is 14.6. The Balaban J connectivity index is 1.25. The SMILES string of the molecule is CC(C)(C)c1cc(C(=O)Nc2ccc3c(c2)OCCOCCOCCO3)c2c(c1)C(C)(C)c1cc(C(C)(C)C)cc(C(=O)Nc3ccc4c(c3)OCCOCCOCCO4)c1O2. The van der Waals surface area contributed by atoms with Crippen LogP contribution in [0.3, 0.4) is 0 Å². The van der Waals surface area contributed by atoms with Gasteiger partial charge in [0.2, 0.25) is 0 Å². The number of rotatable bonds is 4. The van der Waals surface area contributed by atoms with Crippen LogP contribution < -0.4 is 34.3 Å². The summed E-state index contributed by atoms with van der Waals surface area (Å²) in [5.74, 6) is 2.00. The first-order valence-corrected chi connectivity index (χ1v) is 21.4. The second kappa shape index (κ2) is 19.0. The van der Waals surface area contributed by atoms with Gasteiger partial charge in [-0.15, -0.1) is 0 Å². The highest BCUT2D eigenvalue weighted by atomic mass is 16.6. The maximum Gasteiger partial charge on any atom is 0.259 e. The first-order valence-electron chi connectivity index (χ1n) is 21.4. The molecule has 13 heteroatoms. The Morgan fingerprint density at radius 2 is 0.806 bits per heavy atom. The average Bonchev–Trinajstić information content (AvgIpc) is 3.20. The van der Waals surface area contributed by atoms with Crippen molar-refractivity contribution in [1.82, 2.24) is 0 Å². The van der Waals surface area contributed by atoms with Crippen LogP contribution in [0.5, 0.6) is 34.5 Å². The van der Waals surface area contributed by atoms with Crippen LogP contribution in [0.15, 0.2) is 60.7 Å². The molecule has 3 aliphatic heterocycles. The normalized spacial score (nSPS) is 17.2. The van der Waals surface area contributed by atoms with Gasteiger partial charge in [-0.3, -0.25) is 9.59 Å². The van der Waals surface area contributed by atoms with Crippen molar-refractivity contribution in [2.24, 2.45) is 0 Å². The van der Waals surface area contributed by atoms with Gasteiger partial charge in [-0.25, -0.2) is 0 Å². The van der Waals surface area contributed by atoms with Crippen molar-refractivity contribution in [1.29, 1.82) is 0 Å². The van der Waals surface area contributed by atoms with Gasteiger partial charge in [0.1, 0.15) is 37.9 Å². The topological polar surface area (TPSA) is 141 Å². The maximum absolute atomic E-state index is 14.6. The van der Waals surface area contributed by atoms with E-state index in [1.165, 1.54) is 0 Å². The van der Waals surface area contributed by atoms with Gasteiger partial charge < -0.3 is 53.3 Å². The lowest BCUT2D eigenvalue weighted by Gasteiger charge is -2.38. The molecule has 2 amide bonds. The van der Waals surface area contributed by atoms with Crippen molar-refractivity contribution in [3.8, 4) is 34.5 Å². The largest absolute Gasteiger partial charge is 0.487 e. The van der Waals surface area contributed by atoms with E-state index in [1.807, 2.05) is 12.1 Å². The molecule has 13 nitrogen and oxygen atoms in total. The predicted octanol–water partition coefficient (Wildman–Crippen LogP) is 8.83. The van der Waals surface area contributed by atoms with E-state index in [2.05, 4.69) is 78.2 Å². The number of ether oxygens (including phenoxy) is 9. The molecule has 0 unspecified atom stereocenters. The number of fused-ring (bicyclic) bond motifs is 4. The highest BCUT2D eigenvalue weighted by molar-refractivity contribution is 6.09. The van der Waals surface area contributed by atoms with Gasteiger partial charge in [0.05, 0.1) is 64.0 Å². The zero-order valence-electron chi connectivity index (χ0n) is 37.2. The summed E-state index contributed by atoms with van der Waals surface area (Å²) in [4.78, 5) is 29.3. The molecule has 0 saturated carbocycles. The molecule has 3 aliphatic rings. The van der Waals surface area contributed by atoms with Crippen LogP contribution in [-0.2, 0) is 35.2 Å². The van der Waals surface area contributed by atoms with Crippen molar-refractivity contribution in [2.75, 3.05) is 89.9 Å². The summed E-state index contributed by atoms with van der Waals surface area (Å²) in [6.45, 7) is 21.6. The Hall–Kier alpha value is -5.34. The lowest BCUT2D eigenvalue weighted by Crippen LogP contribution is -2.30. The minimum atomic E-state index is -0.696. The minimum Gasteiger partial charge on any atom is -0.487 e. The van der Waals surface area contributed by atoms with E-state index >= 15 is 0 Å². The second-order valence-corrected chi connectivity index (χ2v) is 18.1. The monoisotopic (exact) mass is 852 g/mol. The van der Waals surface area contributed by atoms with Gasteiger partial charge in [0.15, 0.2) is 23.0 Å². The first-order chi connectivity index (χ1) is 29.6. The fourth-order valence-corrected chi connectivity index (χ4v) is 7.38. The fraction of sp³-hybridized carbons (Fsp3) is 0.469. The van der Waals surface area contributed by atoms with E-state index in [4.69, 9.17) is 42.6 Å². The smallest absolute Gasteiger partial charge is 0.259 e. The third-order valence-electron chi connectivity index (χ3n) is 11.0. The summed E-state index contributed by atoms with van der Waals surface area (Å²) >= 11 is 0. The molecule has 0 fully saturated rings. The van der Waals surface area contributed by atoms with Gasteiger partial charge in [0, 0.05) is 40.0 Å². The Bertz CT molecular complexity index is 2100. The number of nitrogens with one attached hydrogen (secondary N) is 2. The van der Waals surface area contributed by atoms with Crippen molar-refractivity contribution >= 4 is 23.2 Å². The molecule has 4 aromatic carbocycles. The summed E-state index contributed by atoms with van der Waals surface area (Å²) in [6, 6.07) is 18.6. The zero-order chi connectivity index (χ0) is 44.1. The third-order valence-corrected chi connectivity index (χ3v) is 11.0. The molecule has 3 heterocycles. The highest BCUT2D eigenvalue weighted by Gasteiger charge is 2.41. The van der Waals surface area contributed by atoms with Gasteiger partial charge >= 0.3 is 0 Å². The summed E-state index contributed by atoms with van der Waals surface area (Å²) in [5, 5.41) is 6.19. The fourth-order valence-electron chi connectivity index (χ4n) is 7.38. The molecule has 0 aromatic heterocycles. The summed E-state index contributed by atoms with van der Waals surface area (Å²) < 4.78 is 53.3. The number of amides is 2. The van der Waals surface area contributed by atoms with Crippen LogP contribution in [0.1, 0.15) is 98.4 Å². The molecule has 62 heavy (non-hydrogen) atoms. The first kappa shape index (κ1) is 44.7. The molecule has 0 spiro atoms. The van der Waals surface area contributed by atoms with E-state index in [-0.39, 0.29) is 22.6 Å². The van der Waals surface area contributed by atoms with E-state index in [0.29, 0.717) is 136 Å². The van der Waals surface area contributed by atoms with Crippen molar-refractivity contribution < 1.29 is 52.2 Å². The van der Waals surface area contributed by atoms with E-state index in [1.54, 1.807) is 36.4 Å². The molecular formula is C49H60N2O11. The zero-order valence-corrected chi connectivity index (χ0v) is 37.2. The van der Waals surface area contributed by atoms with Gasteiger partial charge in [0.25, 0.3) is 11.8 Å². The van der Waals surface area contributed by atoms with Gasteiger partial charge in [-0.05, 0) is 58.4 Å². The molecule has 0 bridgehead atoms. The van der Waals surface area contributed by atoms with Crippen LogP contribution in [0.4, 0.5) is 11.4 Å². The standard InChI is InChI=1S/C49H60N2O11/c1-47(2,3)31-25-35(45(52)50-33-9-11-39-41(29-33)60-23-19-56-15-13-54-17-21-58-39)43-37(27-31)49(7,8)38-28-32(48(4,5)6)26-36(44(38)62-43)46(53)51-34-10-12-40-42(30-34)61-24-20-57-16-14-55-18-22-59-40/h9-12,25-30H,13-24H2,1-8H3,(H,50,52)(H,51,53). The lowest BCUT2D eigenvalue weighted by molar-refractivity contribution is 0.0223. The number of carbonyl (C=O) groups excluding carboxylic acids is 2. The number of carbonyl (C=O) groups is 2. The quantitative estimate of drug-likeness (QED) is 0.204. The summed E-state index contributed by atoms with van der Waals surface area (Å²) in [7, 11) is 0. The van der Waals surface area contributed by atoms with E-state index in [0.717, 1.165) is 22.3 Å². The molecule has 0 aliphatic carbocycles. The molecule has 0 atom stereocenters. The molecule has 2 N–H and O–H groups in total. The number of benzene rings is 4. The van der Waals surface area contributed by atoms with Crippen LogP contribution in [0.2, 0.25) is 0 Å². The Kier molecular flexibility index (Phi) is 13.7. The Labute approximate surface area is 364 Å². The molecule has 332 valence electrons. The number of anilines is 2. The van der Waals surface area contributed by atoms with Crippen molar-refractivity contribution in [2.45, 2.75) is 71.6 Å². The van der Waals surface area contributed by atoms with E-state index in [9.17, 15) is 9.59 Å². The van der Waals surface area contributed by atoms with Gasteiger partial charge in [-0.1, -0.05) is 67.5 Å². The third kappa shape index (κ3) is 10.5. The van der Waals surface area contributed by atoms with Crippen LogP contribution >= 0.6 is 0 Å². The number of hydrogen-bond donors (Lipinski definition) is 2. The van der Waals surface area contributed by atoms with Crippen molar-refractivity contribution in [3.63, 3.8) is 0 Å². The molecule has 0 radical (unpaired) electrons. The summed E-state index contributed by atoms with van der Waals surface area (Å²) in [5.41, 5.74) is 3.95. The van der Waals surface area contributed by atoms with Crippen molar-refractivity contribution in [3.05, 3.63) is 94.0 Å². The highest BCUT2D eigenvalue weighted by Crippen LogP contribution is 2.53. The Morgan fingerprint density at radius 1 is 0.468 bits per heavy atom. The molecule has 0 saturated heterocycles. The number of hydrogen-bond acceptors (Lipinski definition) is 11. The van der Waals surface area contributed by atoms with Crippen LogP contribution in [-0.4, -0.2) is 91.1 Å². The van der Waals surface area contributed by atoms with Gasteiger partial charge in [-0.2, -0.15) is 0 Å². The lowest BCUT2D eigenvalue weighted by atomic mass is 9.70. The second-order valence-electron chi connectivity index (χ2n) is 18.1. The van der Waals surface area contributed by atoms with Crippen LogP contribution in [0.25, 0.3) is 0 Å². The van der Waals surface area contributed by atoms with E-state index < -0.39 is 5.41 Å². The summed E-state index contributed by atoms with van der Waals surface area (Å²) in [6.07, 6.45) is 0. The van der Waals surface area contributed by atoms with Crippen LogP contribution in [0, 0.1) is 0 Å². The molecule has 4 aromatic rings. The Morgan fingerprint density at radius 3 is 1.16 bits per heavy atom. The minimum absolute atomic E-state index is 0.296. The predicted molar refractivity (Wildman–Crippen MR) is 237 cm³/mol. The molecular weight excluding hydrogens is 793 g/mol. The molecule has 7 rings (SSSR count).